The molecule has 8 bridgehead atoms. The van der Waals surface area contributed by atoms with Crippen molar-refractivity contribution in [3.8, 4) is 0 Å². The van der Waals surface area contributed by atoms with Crippen LogP contribution in [0.2, 0.25) is 74.5 Å². The quantitative estimate of drug-likeness (QED) is 0.136. The Morgan fingerprint density at radius 2 is 0.741 bits per heavy atom. The van der Waals surface area contributed by atoms with Gasteiger partial charge in [-0.15, -0.1) is 0 Å². The van der Waals surface area contributed by atoms with Crippen molar-refractivity contribution >= 4 is 50.9 Å². The number of fused-ring (bicyclic) bond motifs is 20. The van der Waals surface area contributed by atoms with Crippen molar-refractivity contribution in [2.75, 3.05) is 0 Å². The molecule has 0 saturated heterocycles. The van der Waals surface area contributed by atoms with E-state index in [1.807, 2.05) is 0 Å². The zero-order chi connectivity index (χ0) is 39.7. The summed E-state index contributed by atoms with van der Waals surface area (Å²) in [5.74, 6) is 13.7. The minimum Gasteiger partial charge on any atom is -0.404 e. The lowest BCUT2D eigenvalue weighted by Gasteiger charge is -2.51. The standard InChI is InChI=1S/C48H78O4Si6/c1-54(2,45-25-29-21-41(45)37-17-9-13-33(29)37)50-58(51-55(3,4)46-26-30-22-42(46)38-18-10-14-34(30)38,52-56(5,6)47-27-31-23-43(47)39-19-11-15-35(31)39)49-53-57(7,8)48-28-32-24-44(48)40-20-12-16-36(32)40/h9-14,19-20,29-48H,15-18,21-28,53H2,1-8H3. The van der Waals surface area contributed by atoms with Crippen LogP contribution in [0.1, 0.15) is 77.0 Å². The van der Waals surface area contributed by atoms with Gasteiger partial charge < -0.3 is 16.5 Å². The van der Waals surface area contributed by atoms with Crippen molar-refractivity contribution in [2.45, 2.75) is 152 Å². The highest BCUT2D eigenvalue weighted by Gasteiger charge is 2.68. The number of rotatable bonds is 13. The molecule has 0 amide bonds. The van der Waals surface area contributed by atoms with E-state index >= 15 is 0 Å². The van der Waals surface area contributed by atoms with Crippen LogP contribution in [0.4, 0.5) is 0 Å². The fourth-order valence-corrected chi connectivity index (χ4v) is 51.4. The Labute approximate surface area is 360 Å². The number of allylic oxidation sites excluding steroid dienone is 8. The van der Waals surface area contributed by atoms with Gasteiger partial charge in [-0.3, -0.25) is 0 Å². The molecule has 0 aromatic heterocycles. The molecule has 10 heteroatoms. The first-order chi connectivity index (χ1) is 27.6. The molecule has 58 heavy (non-hydrogen) atoms. The van der Waals surface area contributed by atoms with Gasteiger partial charge in [0, 0.05) is 0 Å². The molecule has 0 N–H and O–H groups in total. The maximum atomic E-state index is 8.30. The largest absolute Gasteiger partial charge is 0.636 e. The first-order valence-corrected chi connectivity index (χ1v) is 41.6. The third kappa shape index (κ3) is 5.96. The van der Waals surface area contributed by atoms with Gasteiger partial charge in [0.25, 0.3) is 0 Å². The van der Waals surface area contributed by atoms with Crippen LogP contribution in [0, 0.1) is 94.7 Å². The lowest BCUT2D eigenvalue weighted by atomic mass is 9.81. The summed E-state index contributed by atoms with van der Waals surface area (Å²) in [7, 11) is -13.2. The lowest BCUT2D eigenvalue weighted by Crippen LogP contribution is -2.68. The Kier molecular flexibility index (Phi) is 9.28. The van der Waals surface area contributed by atoms with Gasteiger partial charge in [-0.2, -0.15) is 0 Å². The van der Waals surface area contributed by atoms with Crippen LogP contribution in [0.3, 0.4) is 0 Å². The predicted octanol–water partition coefficient (Wildman–Crippen LogP) is 11.8. The van der Waals surface area contributed by atoms with E-state index < -0.39 is 50.9 Å². The second-order valence-electron chi connectivity index (χ2n) is 25.5. The molecule has 12 aliphatic carbocycles. The van der Waals surface area contributed by atoms with E-state index in [2.05, 4.69) is 101 Å². The van der Waals surface area contributed by atoms with Gasteiger partial charge in [-0.05, 0) is 233 Å². The molecule has 8 saturated carbocycles. The van der Waals surface area contributed by atoms with Crippen molar-refractivity contribution in [1.82, 2.24) is 0 Å². The SMILES string of the molecule is C[Si](C)(O[Si](O[SiH2][Si](C)(C)C1CC2CC1C1C=CCC21)(O[Si](C)(C)C1CC2CC1C1CC=CC21)O[Si](C)(C)C1CC2CC1C1CC=CC21)C1CC2CC1C1C=CCC21. The summed E-state index contributed by atoms with van der Waals surface area (Å²) in [6.07, 6.45) is 37.3. The predicted molar refractivity (Wildman–Crippen MR) is 251 cm³/mol. The summed E-state index contributed by atoms with van der Waals surface area (Å²) in [4.78, 5) is 0. The van der Waals surface area contributed by atoms with Gasteiger partial charge in [0.05, 0.1) is 7.59 Å². The molecule has 0 aromatic rings. The first kappa shape index (κ1) is 39.7. The van der Waals surface area contributed by atoms with Crippen molar-refractivity contribution in [1.29, 1.82) is 0 Å². The third-order valence-electron chi connectivity index (χ3n) is 21.5. The summed E-state index contributed by atoms with van der Waals surface area (Å²) in [6, 6.07) is 0. The summed E-state index contributed by atoms with van der Waals surface area (Å²) >= 11 is 0. The van der Waals surface area contributed by atoms with Gasteiger partial charge in [0.1, 0.15) is 9.28 Å². The number of hydrogen-bond donors (Lipinski definition) is 0. The molecule has 4 nitrogen and oxygen atoms in total. The van der Waals surface area contributed by atoms with Gasteiger partial charge in [-0.25, -0.2) is 0 Å². The molecule has 0 radical (unpaired) electrons. The molecule has 318 valence electrons. The van der Waals surface area contributed by atoms with E-state index in [1.165, 1.54) is 77.0 Å². The second kappa shape index (κ2) is 13.6. The van der Waals surface area contributed by atoms with E-state index in [0.717, 1.165) is 100 Å². The third-order valence-corrected chi connectivity index (χ3v) is 48.7. The van der Waals surface area contributed by atoms with Crippen LogP contribution in [-0.2, 0) is 16.5 Å². The first-order valence-electron chi connectivity index (χ1n) is 25.0. The Hall–Kier alpha value is 0.101. The van der Waals surface area contributed by atoms with Crippen molar-refractivity contribution in [2.24, 2.45) is 94.7 Å². The molecule has 0 aromatic carbocycles. The van der Waals surface area contributed by atoms with E-state index in [0.29, 0.717) is 16.6 Å². The van der Waals surface area contributed by atoms with Gasteiger partial charge >= 0.3 is 9.05 Å². The average Bonchev–Trinajstić information content (AvgIpc) is 4.00. The highest BCUT2D eigenvalue weighted by molar-refractivity contribution is 7.23. The Balaban J connectivity index is 0.902. The maximum Gasteiger partial charge on any atom is 0.636 e. The fraction of sp³-hybridized carbons (Fsp3) is 0.833. The highest BCUT2D eigenvalue weighted by Crippen LogP contribution is 2.68. The second-order valence-corrected chi connectivity index (χ2v) is 53.3. The fourth-order valence-electron chi connectivity index (χ4n) is 19.2. The van der Waals surface area contributed by atoms with E-state index in [9.17, 15) is 0 Å². The summed E-state index contributed by atoms with van der Waals surface area (Å²) < 4.78 is 33.0. The molecule has 0 aliphatic heterocycles. The molecular formula is C48H78O4Si6. The Morgan fingerprint density at radius 3 is 1.22 bits per heavy atom. The molecular weight excluding hydrogens is 809 g/mol. The molecule has 12 rings (SSSR count). The summed E-state index contributed by atoms with van der Waals surface area (Å²) in [6.45, 7) is 21.3. The van der Waals surface area contributed by atoms with E-state index in [1.54, 1.807) is 0 Å². The number of hydrogen-bond acceptors (Lipinski definition) is 4. The average molecular weight is 888 g/mol. The molecule has 0 heterocycles. The van der Waals surface area contributed by atoms with Crippen LogP contribution >= 0.6 is 0 Å². The lowest BCUT2D eigenvalue weighted by molar-refractivity contribution is 0.137. The smallest absolute Gasteiger partial charge is 0.404 e. The van der Waals surface area contributed by atoms with Crippen molar-refractivity contribution in [3.05, 3.63) is 48.6 Å². The zero-order valence-corrected chi connectivity index (χ0v) is 43.9. The minimum absolute atomic E-state index is 0.683. The van der Waals surface area contributed by atoms with E-state index in [-0.39, 0.29) is 0 Å². The van der Waals surface area contributed by atoms with Gasteiger partial charge in [0.15, 0.2) is 25.0 Å². The summed E-state index contributed by atoms with van der Waals surface area (Å²) in [5.41, 5.74) is 2.97. The highest BCUT2D eigenvalue weighted by atomic mass is 29.2. The molecule has 20 atom stereocenters. The maximum absolute atomic E-state index is 8.30. The normalized spacial score (nSPS) is 51.0. The Bertz CT molecular complexity index is 1730. The van der Waals surface area contributed by atoms with Crippen molar-refractivity contribution in [3.63, 3.8) is 0 Å². The van der Waals surface area contributed by atoms with Crippen LogP contribution in [0.25, 0.3) is 0 Å². The Morgan fingerprint density at radius 1 is 0.379 bits per heavy atom. The van der Waals surface area contributed by atoms with Crippen LogP contribution in [-0.4, -0.2) is 50.9 Å². The topological polar surface area (TPSA) is 36.9 Å². The molecule has 20 unspecified atom stereocenters. The molecule has 8 fully saturated rings. The monoisotopic (exact) mass is 886 g/mol. The van der Waals surface area contributed by atoms with Gasteiger partial charge in [0.2, 0.25) is 0 Å². The van der Waals surface area contributed by atoms with Gasteiger partial charge in [-0.1, -0.05) is 61.7 Å². The molecule has 0 spiro atoms. The van der Waals surface area contributed by atoms with Crippen LogP contribution in [0.15, 0.2) is 48.6 Å². The summed E-state index contributed by atoms with van der Waals surface area (Å²) in [5, 5.41) is 0. The zero-order valence-electron chi connectivity index (χ0n) is 37.5. The molecule has 12 aliphatic rings. The van der Waals surface area contributed by atoms with Crippen LogP contribution < -0.4 is 0 Å². The van der Waals surface area contributed by atoms with Crippen LogP contribution in [0.5, 0.6) is 0 Å². The van der Waals surface area contributed by atoms with E-state index in [4.69, 9.17) is 16.5 Å². The van der Waals surface area contributed by atoms with Crippen molar-refractivity contribution < 1.29 is 16.5 Å². The minimum atomic E-state index is -3.58.